The largest absolute Gasteiger partial charge is 0.391 e. The van der Waals surface area contributed by atoms with Crippen molar-refractivity contribution in [1.29, 1.82) is 0 Å². The standard InChI is InChI=1S/C16H30N2O3/c1-3-12(2)14(19)11-17-15(20)18-13-6-9-21-16(10-13)7-4-5-8-16/h12-14,19H,3-11H2,1-2H3,(H2,17,18,20). The molecule has 21 heavy (non-hydrogen) atoms. The summed E-state index contributed by atoms with van der Waals surface area (Å²) in [7, 11) is 0. The van der Waals surface area contributed by atoms with E-state index < -0.39 is 6.10 Å². The van der Waals surface area contributed by atoms with Gasteiger partial charge in [0.1, 0.15) is 0 Å². The van der Waals surface area contributed by atoms with Gasteiger partial charge in [-0.1, -0.05) is 33.1 Å². The van der Waals surface area contributed by atoms with Crippen LogP contribution in [0.3, 0.4) is 0 Å². The van der Waals surface area contributed by atoms with Crippen molar-refractivity contribution in [3.8, 4) is 0 Å². The fourth-order valence-electron chi connectivity index (χ4n) is 3.43. The third kappa shape index (κ3) is 4.58. The zero-order valence-corrected chi connectivity index (χ0v) is 13.4. The maximum atomic E-state index is 12.0. The van der Waals surface area contributed by atoms with E-state index in [1.165, 1.54) is 12.8 Å². The predicted octanol–water partition coefficient (Wildman–Crippen LogP) is 2.18. The van der Waals surface area contributed by atoms with Crippen molar-refractivity contribution in [2.75, 3.05) is 13.2 Å². The first-order valence-corrected chi connectivity index (χ1v) is 8.41. The van der Waals surface area contributed by atoms with Crippen LogP contribution < -0.4 is 10.6 Å². The summed E-state index contributed by atoms with van der Waals surface area (Å²) in [5.41, 5.74) is 0.0203. The van der Waals surface area contributed by atoms with Gasteiger partial charge in [-0.2, -0.15) is 0 Å². The molecule has 0 aromatic carbocycles. The monoisotopic (exact) mass is 298 g/mol. The lowest BCUT2D eigenvalue weighted by atomic mass is 9.89. The van der Waals surface area contributed by atoms with Crippen molar-refractivity contribution >= 4 is 6.03 Å². The first kappa shape index (κ1) is 16.6. The summed E-state index contributed by atoms with van der Waals surface area (Å²) in [6.45, 7) is 5.08. The van der Waals surface area contributed by atoms with E-state index in [2.05, 4.69) is 10.6 Å². The second-order valence-corrected chi connectivity index (χ2v) is 6.74. The van der Waals surface area contributed by atoms with E-state index >= 15 is 0 Å². The molecule has 3 atom stereocenters. The lowest BCUT2D eigenvalue weighted by Crippen LogP contribution is -2.51. The smallest absolute Gasteiger partial charge is 0.315 e. The molecule has 5 nitrogen and oxygen atoms in total. The molecule has 0 aromatic heterocycles. The number of aliphatic hydroxyl groups excluding tert-OH is 1. The molecule has 3 unspecified atom stereocenters. The Labute approximate surface area is 127 Å². The Morgan fingerprint density at radius 3 is 2.81 bits per heavy atom. The molecular weight excluding hydrogens is 268 g/mol. The number of hydrogen-bond donors (Lipinski definition) is 3. The van der Waals surface area contributed by atoms with Crippen LogP contribution in [0.1, 0.15) is 58.8 Å². The van der Waals surface area contributed by atoms with Gasteiger partial charge in [-0.05, 0) is 31.6 Å². The summed E-state index contributed by atoms with van der Waals surface area (Å²) >= 11 is 0. The highest BCUT2D eigenvalue weighted by molar-refractivity contribution is 5.74. The molecule has 2 aliphatic rings. The van der Waals surface area contributed by atoms with Gasteiger partial charge in [0, 0.05) is 19.2 Å². The van der Waals surface area contributed by atoms with Crippen LogP contribution in [0.5, 0.6) is 0 Å². The Morgan fingerprint density at radius 2 is 2.14 bits per heavy atom. The molecule has 0 bridgehead atoms. The number of rotatable bonds is 5. The molecule has 1 aliphatic carbocycles. The Morgan fingerprint density at radius 1 is 1.43 bits per heavy atom. The average Bonchev–Trinajstić information content (AvgIpc) is 2.91. The van der Waals surface area contributed by atoms with Crippen LogP contribution in [0.25, 0.3) is 0 Å². The third-order valence-electron chi connectivity index (χ3n) is 5.12. The maximum absolute atomic E-state index is 12.0. The summed E-state index contributed by atoms with van der Waals surface area (Å²) < 4.78 is 5.97. The fourth-order valence-corrected chi connectivity index (χ4v) is 3.43. The molecule has 1 spiro atoms. The summed E-state index contributed by atoms with van der Waals surface area (Å²) in [6.07, 6.45) is 6.96. The van der Waals surface area contributed by atoms with E-state index in [1.807, 2.05) is 13.8 Å². The quantitative estimate of drug-likeness (QED) is 0.728. The van der Waals surface area contributed by atoms with E-state index in [9.17, 15) is 9.90 Å². The molecule has 1 saturated carbocycles. The highest BCUT2D eigenvalue weighted by atomic mass is 16.5. The van der Waals surface area contributed by atoms with Gasteiger partial charge in [0.05, 0.1) is 11.7 Å². The van der Waals surface area contributed by atoms with E-state index in [4.69, 9.17) is 4.74 Å². The van der Waals surface area contributed by atoms with E-state index in [0.717, 1.165) is 38.7 Å². The van der Waals surface area contributed by atoms with Gasteiger partial charge in [-0.25, -0.2) is 4.79 Å². The van der Waals surface area contributed by atoms with Crippen LogP contribution in [0.15, 0.2) is 0 Å². The van der Waals surface area contributed by atoms with Crippen LogP contribution in [-0.4, -0.2) is 42.0 Å². The Bertz CT molecular complexity index is 342. The molecule has 5 heteroatoms. The number of ether oxygens (including phenoxy) is 1. The molecule has 2 amide bonds. The first-order chi connectivity index (χ1) is 10.0. The maximum Gasteiger partial charge on any atom is 0.315 e. The summed E-state index contributed by atoms with van der Waals surface area (Å²) in [6, 6.07) is 0.0231. The van der Waals surface area contributed by atoms with Crippen LogP contribution in [0.4, 0.5) is 4.79 Å². The van der Waals surface area contributed by atoms with Gasteiger partial charge >= 0.3 is 6.03 Å². The predicted molar refractivity (Wildman–Crippen MR) is 82.2 cm³/mol. The molecule has 2 fully saturated rings. The molecule has 0 aromatic rings. The van der Waals surface area contributed by atoms with Gasteiger partial charge in [0.25, 0.3) is 0 Å². The molecule has 2 rings (SSSR count). The highest BCUT2D eigenvalue weighted by Gasteiger charge is 2.40. The Balaban J connectivity index is 1.72. The number of urea groups is 1. The van der Waals surface area contributed by atoms with Crippen LogP contribution in [0, 0.1) is 5.92 Å². The van der Waals surface area contributed by atoms with Gasteiger partial charge in [-0.15, -0.1) is 0 Å². The highest BCUT2D eigenvalue weighted by Crippen LogP contribution is 2.39. The second kappa shape index (κ2) is 7.45. The lowest BCUT2D eigenvalue weighted by molar-refractivity contribution is -0.0820. The number of carbonyl (C=O) groups excluding carboxylic acids is 1. The van der Waals surface area contributed by atoms with Gasteiger partial charge in [0.15, 0.2) is 0 Å². The van der Waals surface area contributed by atoms with Crippen molar-refractivity contribution in [3.05, 3.63) is 0 Å². The minimum atomic E-state index is -0.475. The van der Waals surface area contributed by atoms with Gasteiger partial charge in [-0.3, -0.25) is 0 Å². The second-order valence-electron chi connectivity index (χ2n) is 6.74. The average molecular weight is 298 g/mol. The molecule has 0 radical (unpaired) electrons. The summed E-state index contributed by atoms with van der Waals surface area (Å²) in [5, 5.41) is 15.7. The van der Waals surface area contributed by atoms with Crippen molar-refractivity contribution in [3.63, 3.8) is 0 Å². The molecule has 3 N–H and O–H groups in total. The third-order valence-corrected chi connectivity index (χ3v) is 5.12. The minimum absolute atomic E-state index is 0.0203. The van der Waals surface area contributed by atoms with Crippen molar-refractivity contribution in [1.82, 2.24) is 10.6 Å². The fraction of sp³-hybridized carbons (Fsp3) is 0.938. The number of hydrogen-bond acceptors (Lipinski definition) is 3. The molecule has 1 heterocycles. The van der Waals surface area contributed by atoms with Gasteiger partial charge in [0.2, 0.25) is 0 Å². The molecule has 1 aliphatic heterocycles. The Kier molecular flexibility index (Phi) is 5.88. The van der Waals surface area contributed by atoms with Crippen molar-refractivity contribution < 1.29 is 14.6 Å². The van der Waals surface area contributed by atoms with E-state index in [0.29, 0.717) is 6.54 Å². The number of aliphatic hydroxyl groups is 1. The molecule has 122 valence electrons. The first-order valence-electron chi connectivity index (χ1n) is 8.41. The normalized spacial score (nSPS) is 27.3. The van der Waals surface area contributed by atoms with E-state index in [1.54, 1.807) is 0 Å². The van der Waals surface area contributed by atoms with Crippen molar-refractivity contribution in [2.45, 2.75) is 76.5 Å². The number of amides is 2. The van der Waals surface area contributed by atoms with Crippen LogP contribution in [0.2, 0.25) is 0 Å². The Hall–Kier alpha value is -0.810. The van der Waals surface area contributed by atoms with Gasteiger partial charge < -0.3 is 20.5 Å². The van der Waals surface area contributed by atoms with Crippen LogP contribution >= 0.6 is 0 Å². The topological polar surface area (TPSA) is 70.6 Å². The lowest BCUT2D eigenvalue weighted by Gasteiger charge is -2.38. The molecular formula is C16H30N2O3. The SMILES string of the molecule is CCC(C)C(O)CNC(=O)NC1CCOC2(CCCC2)C1. The minimum Gasteiger partial charge on any atom is -0.391 e. The van der Waals surface area contributed by atoms with Crippen molar-refractivity contribution in [2.24, 2.45) is 5.92 Å². The zero-order chi connectivity index (χ0) is 15.3. The van der Waals surface area contributed by atoms with Crippen LogP contribution in [-0.2, 0) is 4.74 Å². The summed E-state index contributed by atoms with van der Waals surface area (Å²) in [5.74, 6) is 0.204. The zero-order valence-electron chi connectivity index (χ0n) is 13.4. The number of nitrogens with one attached hydrogen (secondary N) is 2. The molecule has 1 saturated heterocycles. The summed E-state index contributed by atoms with van der Waals surface area (Å²) in [4.78, 5) is 12.0. The van der Waals surface area contributed by atoms with E-state index in [-0.39, 0.29) is 23.6 Å². The number of carbonyl (C=O) groups is 1.